The minimum Gasteiger partial charge on any atom is -0.496 e. The Labute approximate surface area is 293 Å². The highest BCUT2D eigenvalue weighted by Crippen LogP contribution is 2.40. The lowest BCUT2D eigenvalue weighted by Gasteiger charge is -2.53. The first kappa shape index (κ1) is 34.2. The summed E-state index contributed by atoms with van der Waals surface area (Å²) in [5, 5.41) is 10.2. The van der Waals surface area contributed by atoms with Crippen molar-refractivity contribution in [3.05, 3.63) is 114 Å². The van der Waals surface area contributed by atoms with Gasteiger partial charge in [-0.15, -0.1) is 5.10 Å². The van der Waals surface area contributed by atoms with Crippen molar-refractivity contribution in [2.24, 2.45) is 7.05 Å². The number of carbonyl (C=O) groups excluding carboxylic acids is 1. The van der Waals surface area contributed by atoms with Crippen LogP contribution in [0.5, 0.6) is 11.5 Å². The predicted molar refractivity (Wildman–Crippen MR) is 181 cm³/mol. The van der Waals surface area contributed by atoms with Crippen molar-refractivity contribution >= 4 is 5.91 Å². The van der Waals surface area contributed by atoms with Gasteiger partial charge in [-0.3, -0.25) is 14.6 Å². The van der Waals surface area contributed by atoms with Crippen LogP contribution in [0.1, 0.15) is 39.1 Å². The van der Waals surface area contributed by atoms with Gasteiger partial charge in [-0.05, 0) is 33.7 Å². The molecular weight excluding hydrogens is 663 g/mol. The zero-order chi connectivity index (χ0) is 35.7. The molecular formula is C36H38F3N9O3. The van der Waals surface area contributed by atoms with E-state index in [-0.39, 0.29) is 41.9 Å². The number of methoxy groups -OCH3 is 2. The van der Waals surface area contributed by atoms with Crippen molar-refractivity contribution in [3.63, 3.8) is 0 Å². The average Bonchev–Trinajstić information content (AvgIpc) is 3.82. The molecule has 2 aromatic heterocycles. The molecule has 1 amide bonds. The van der Waals surface area contributed by atoms with Crippen molar-refractivity contribution in [2.45, 2.75) is 30.7 Å². The third kappa shape index (κ3) is 6.66. The molecule has 266 valence electrons. The molecule has 2 fully saturated rings. The number of ether oxygens (including phenoxy) is 2. The van der Waals surface area contributed by atoms with E-state index in [0.717, 1.165) is 11.1 Å². The fourth-order valence-electron chi connectivity index (χ4n) is 7.57. The van der Waals surface area contributed by atoms with E-state index >= 15 is 0 Å². The minimum absolute atomic E-state index is 0.0137. The highest BCUT2D eigenvalue weighted by Gasteiger charge is 2.44. The number of amides is 1. The number of halogens is 3. The molecule has 0 radical (unpaired) electrons. The van der Waals surface area contributed by atoms with Crippen LogP contribution < -0.4 is 9.47 Å². The molecule has 0 spiro atoms. The van der Waals surface area contributed by atoms with E-state index in [1.54, 1.807) is 30.1 Å². The number of fused-ring (bicyclic) bond motifs is 1. The summed E-state index contributed by atoms with van der Waals surface area (Å²) in [6.07, 6.45) is -1.41. The van der Waals surface area contributed by atoms with Gasteiger partial charge in [0, 0.05) is 76.7 Å². The molecule has 2 saturated heterocycles. The van der Waals surface area contributed by atoms with Crippen molar-refractivity contribution in [1.29, 1.82) is 0 Å². The maximum atomic E-state index is 13.9. The van der Waals surface area contributed by atoms with Crippen molar-refractivity contribution in [2.75, 3.05) is 46.9 Å². The first-order valence-electron chi connectivity index (χ1n) is 16.6. The number of alkyl halides is 3. The first-order chi connectivity index (χ1) is 24.7. The summed E-state index contributed by atoms with van der Waals surface area (Å²) in [7, 11) is 4.73. The van der Waals surface area contributed by atoms with Gasteiger partial charge in [0.2, 0.25) is 0 Å². The Balaban J connectivity index is 1.29. The summed E-state index contributed by atoms with van der Waals surface area (Å²) >= 11 is 0. The molecule has 7 rings (SSSR count). The molecule has 0 unspecified atom stereocenters. The van der Waals surface area contributed by atoms with Crippen molar-refractivity contribution in [3.8, 4) is 17.2 Å². The fraction of sp³-hybridized carbons (Fsp3) is 0.361. The summed E-state index contributed by atoms with van der Waals surface area (Å²) < 4.78 is 55.7. The van der Waals surface area contributed by atoms with Crippen LogP contribution in [-0.2, 0) is 19.8 Å². The molecule has 4 heterocycles. The lowest BCUT2D eigenvalue weighted by molar-refractivity contribution is -0.146. The topological polar surface area (TPSA) is 107 Å². The number of aryl methyl sites for hydroxylation is 1. The van der Waals surface area contributed by atoms with Gasteiger partial charge in [-0.25, -0.2) is 4.98 Å². The summed E-state index contributed by atoms with van der Waals surface area (Å²) in [5.74, 6) is -0.403. The Hall–Kier alpha value is -5.28. The maximum absolute atomic E-state index is 13.9. The van der Waals surface area contributed by atoms with Gasteiger partial charge < -0.3 is 18.9 Å². The van der Waals surface area contributed by atoms with E-state index in [4.69, 9.17) is 9.47 Å². The van der Waals surface area contributed by atoms with Gasteiger partial charge in [0.25, 0.3) is 11.7 Å². The summed E-state index contributed by atoms with van der Waals surface area (Å²) in [5.41, 5.74) is 2.92. The minimum atomic E-state index is -4.79. The van der Waals surface area contributed by atoms with Gasteiger partial charge in [-0.1, -0.05) is 60.7 Å². The Morgan fingerprint density at radius 1 is 0.922 bits per heavy atom. The molecule has 2 atom stereocenters. The van der Waals surface area contributed by atoms with Gasteiger partial charge >= 0.3 is 6.18 Å². The molecule has 0 aliphatic carbocycles. The second-order valence-corrected chi connectivity index (χ2v) is 12.8. The normalized spacial score (nSPS) is 18.5. The Kier molecular flexibility index (Phi) is 9.48. The number of nitrogens with zero attached hydrogens (tertiary/aromatic N) is 9. The smallest absolute Gasteiger partial charge is 0.453 e. The number of imidazole rings is 1. The number of hydrogen-bond acceptors (Lipinski definition) is 9. The standard InChI is InChI=1S/C36H38F3N9O3/c1-44-17-16-40-33(44)34(49)46-18-19-47-26(21-46)20-45(23-29(47)31(24-10-6-4-7-11-24)25-12-8-5-9-13-25)22-27-30(50-2)15-14-28(32(27)51-3)48-35(36(37,38)39)41-42-43-48/h4-17,26,29,31H,18-23H2,1-3H3/t26-,29+/m1/s1. The van der Waals surface area contributed by atoms with Crippen molar-refractivity contribution in [1.82, 2.24) is 44.5 Å². The molecule has 3 aromatic carbocycles. The van der Waals surface area contributed by atoms with Crippen LogP contribution in [0.3, 0.4) is 0 Å². The molecule has 12 nitrogen and oxygen atoms in total. The number of benzene rings is 3. The van der Waals surface area contributed by atoms with Crippen LogP contribution in [0.4, 0.5) is 13.2 Å². The zero-order valence-electron chi connectivity index (χ0n) is 28.4. The number of carbonyl (C=O) groups is 1. The Bertz CT molecular complexity index is 1930. The van der Waals surface area contributed by atoms with Gasteiger partial charge in [-0.2, -0.15) is 17.9 Å². The average molecular weight is 702 g/mol. The number of rotatable bonds is 9. The van der Waals surface area contributed by atoms with Crippen LogP contribution in [-0.4, -0.2) is 109 Å². The van der Waals surface area contributed by atoms with E-state index in [1.807, 2.05) is 41.3 Å². The largest absolute Gasteiger partial charge is 0.496 e. The van der Waals surface area contributed by atoms with Crippen molar-refractivity contribution < 1.29 is 27.4 Å². The van der Waals surface area contributed by atoms with Gasteiger partial charge in [0.05, 0.1) is 19.8 Å². The van der Waals surface area contributed by atoms with E-state index in [0.29, 0.717) is 54.5 Å². The molecule has 15 heteroatoms. The van der Waals surface area contributed by atoms with Gasteiger partial charge in [0.1, 0.15) is 11.4 Å². The number of aromatic nitrogens is 6. The quantitative estimate of drug-likeness (QED) is 0.223. The molecule has 0 N–H and O–H groups in total. The molecule has 2 aliphatic heterocycles. The second kappa shape index (κ2) is 14.2. The molecule has 5 aromatic rings. The third-order valence-electron chi connectivity index (χ3n) is 9.82. The summed E-state index contributed by atoms with van der Waals surface area (Å²) in [4.78, 5) is 24.6. The number of tetrazole rings is 1. The molecule has 0 bridgehead atoms. The second-order valence-electron chi connectivity index (χ2n) is 12.8. The van der Waals surface area contributed by atoms with E-state index in [1.165, 1.54) is 20.3 Å². The monoisotopic (exact) mass is 701 g/mol. The maximum Gasteiger partial charge on any atom is 0.453 e. The Morgan fingerprint density at radius 2 is 1.63 bits per heavy atom. The van der Waals surface area contributed by atoms with Crippen LogP contribution in [0.2, 0.25) is 0 Å². The van der Waals surface area contributed by atoms with Crippen LogP contribution >= 0.6 is 0 Å². The molecule has 51 heavy (non-hydrogen) atoms. The number of hydrogen-bond donors (Lipinski definition) is 0. The summed E-state index contributed by atoms with van der Waals surface area (Å²) in [6.45, 7) is 3.17. The number of piperazine rings is 2. The summed E-state index contributed by atoms with van der Waals surface area (Å²) in [6, 6.07) is 23.7. The predicted octanol–water partition coefficient (Wildman–Crippen LogP) is 4.27. The zero-order valence-corrected chi connectivity index (χ0v) is 28.4. The fourth-order valence-corrected chi connectivity index (χ4v) is 7.57. The Morgan fingerprint density at radius 3 is 2.24 bits per heavy atom. The van der Waals surface area contributed by atoms with E-state index in [2.05, 4.69) is 54.6 Å². The van der Waals surface area contributed by atoms with Crippen LogP contribution in [0, 0.1) is 0 Å². The highest BCUT2D eigenvalue weighted by atomic mass is 19.4. The third-order valence-corrected chi connectivity index (χ3v) is 9.82. The highest BCUT2D eigenvalue weighted by molar-refractivity contribution is 5.91. The SMILES string of the molecule is COc1ccc(-n2nnnc2C(F)(F)F)c(OC)c1CN1C[C@@H]2CN(C(=O)c3nccn3C)CCN2[C@H](C(c2ccccc2)c2ccccc2)C1. The first-order valence-corrected chi connectivity index (χ1v) is 16.6. The van der Waals surface area contributed by atoms with E-state index in [9.17, 15) is 18.0 Å². The molecule has 0 saturated carbocycles. The van der Waals surface area contributed by atoms with Crippen LogP contribution in [0.15, 0.2) is 85.2 Å². The molecule has 2 aliphatic rings. The lowest BCUT2D eigenvalue weighted by Crippen LogP contribution is -2.67. The van der Waals surface area contributed by atoms with E-state index < -0.39 is 12.0 Å². The lowest BCUT2D eigenvalue weighted by atomic mass is 9.81. The van der Waals surface area contributed by atoms with Gasteiger partial charge in [0.15, 0.2) is 11.6 Å². The van der Waals surface area contributed by atoms with Crippen LogP contribution in [0.25, 0.3) is 5.69 Å².